The van der Waals surface area contributed by atoms with E-state index in [9.17, 15) is 29.4 Å². The summed E-state index contributed by atoms with van der Waals surface area (Å²) in [5.74, 6) is -3.92. The number of cyclic esters (lactones) is 1. The number of ether oxygens (including phenoxy) is 3. The number of ketones is 1. The van der Waals surface area contributed by atoms with Gasteiger partial charge in [0.2, 0.25) is 5.78 Å². The van der Waals surface area contributed by atoms with Crippen LogP contribution in [-0.2, 0) is 33.4 Å². The number of aliphatic hydroxyl groups excluding tert-OH is 2. The van der Waals surface area contributed by atoms with Crippen molar-refractivity contribution in [2.75, 3.05) is 27.3 Å². The van der Waals surface area contributed by atoms with Gasteiger partial charge in [-0.1, -0.05) is 6.92 Å². The minimum absolute atomic E-state index is 0.0403. The third-order valence-corrected chi connectivity index (χ3v) is 8.91. The van der Waals surface area contributed by atoms with Crippen LogP contribution in [0.1, 0.15) is 52.9 Å². The molecule has 39 heavy (non-hydrogen) atoms. The Bertz CT molecular complexity index is 1180. The second-order valence-electron chi connectivity index (χ2n) is 11.4. The lowest BCUT2D eigenvalue weighted by molar-refractivity contribution is -0.161. The number of allylic oxidation sites excluding steroid dienone is 1. The van der Waals surface area contributed by atoms with Crippen LogP contribution < -0.4 is 0 Å². The third kappa shape index (κ3) is 4.65. The molecule has 1 heterocycles. The predicted octanol–water partition coefficient (Wildman–Crippen LogP) is 2.05. The van der Waals surface area contributed by atoms with Crippen molar-refractivity contribution >= 4 is 23.7 Å². The summed E-state index contributed by atoms with van der Waals surface area (Å²) in [7, 11) is 3.10. The first kappa shape index (κ1) is 28.8. The number of carbonyl (C=O) groups is 4. The molecule has 214 valence electrons. The monoisotopic (exact) mass is 547 g/mol. The van der Waals surface area contributed by atoms with Gasteiger partial charge in [0.15, 0.2) is 5.76 Å². The lowest BCUT2D eigenvalue weighted by Gasteiger charge is -2.54. The van der Waals surface area contributed by atoms with Gasteiger partial charge in [-0.3, -0.25) is 14.4 Å². The fraction of sp³-hybridized carbons (Fsp3) is 0.643. The molecule has 1 aliphatic heterocycles. The van der Waals surface area contributed by atoms with E-state index in [0.717, 1.165) is 0 Å². The van der Waals surface area contributed by atoms with Crippen molar-refractivity contribution in [3.63, 3.8) is 0 Å². The Morgan fingerprint density at radius 3 is 2.54 bits per heavy atom. The summed E-state index contributed by atoms with van der Waals surface area (Å²) in [6.45, 7) is 5.13. The molecule has 1 saturated heterocycles. The summed E-state index contributed by atoms with van der Waals surface area (Å²) in [5.41, 5.74) is -1.27. The maximum atomic E-state index is 14.0. The van der Waals surface area contributed by atoms with Crippen LogP contribution in [0.2, 0.25) is 0 Å². The van der Waals surface area contributed by atoms with Gasteiger partial charge in [0.25, 0.3) is 0 Å². The Kier molecular flexibility index (Phi) is 7.70. The van der Waals surface area contributed by atoms with Gasteiger partial charge in [0, 0.05) is 56.8 Å². The lowest BCUT2D eigenvalue weighted by Crippen LogP contribution is -2.57. The highest BCUT2D eigenvalue weighted by atomic mass is 16.6. The van der Waals surface area contributed by atoms with Crippen molar-refractivity contribution in [2.24, 2.45) is 16.7 Å². The number of aliphatic hydroxyl groups is 2. The van der Waals surface area contributed by atoms with Crippen LogP contribution in [0.25, 0.3) is 0 Å². The van der Waals surface area contributed by atoms with E-state index >= 15 is 0 Å². The molecule has 0 aromatic carbocycles. The number of hydrogen-bond acceptors (Lipinski definition) is 10. The molecule has 3 aliphatic carbocycles. The summed E-state index contributed by atoms with van der Waals surface area (Å²) in [6, 6.07) is 0. The molecular weight excluding hydrogens is 510 g/mol. The maximum Gasteiger partial charge on any atom is 0.340 e. The number of fused-ring (bicyclic) bond motifs is 4. The minimum Gasteiger partial charge on any atom is -0.504 e. The molecule has 0 bridgehead atoms. The van der Waals surface area contributed by atoms with E-state index in [1.54, 1.807) is 18.9 Å². The Balaban J connectivity index is 1.91. The molecule has 2 fully saturated rings. The quantitative estimate of drug-likeness (QED) is 0.301. The van der Waals surface area contributed by atoms with Crippen molar-refractivity contribution < 1.29 is 48.7 Å². The van der Waals surface area contributed by atoms with Crippen LogP contribution in [0, 0.1) is 16.7 Å². The zero-order valence-corrected chi connectivity index (χ0v) is 23.0. The van der Waals surface area contributed by atoms with Gasteiger partial charge >= 0.3 is 17.9 Å². The second-order valence-corrected chi connectivity index (χ2v) is 11.4. The fourth-order valence-corrected chi connectivity index (χ4v) is 7.04. The number of Topliss-reactive ketones (excluding diaryl/α,β-unsaturated/α-hetero) is 1. The maximum absolute atomic E-state index is 14.0. The number of carbonyl (C=O) groups excluding carboxylic acids is 3. The van der Waals surface area contributed by atoms with E-state index in [1.165, 1.54) is 20.2 Å². The van der Waals surface area contributed by atoms with Crippen LogP contribution in [0.15, 0.2) is 34.3 Å². The molecular formula is C28H37NO10. The Hall–Kier alpha value is -3.18. The summed E-state index contributed by atoms with van der Waals surface area (Å²) in [4.78, 5) is 52.1. The van der Waals surface area contributed by atoms with E-state index in [1.807, 2.05) is 6.92 Å². The van der Waals surface area contributed by atoms with Gasteiger partial charge in [0.1, 0.15) is 12.2 Å². The number of hydrogen-bond donors (Lipinski definition) is 3. The summed E-state index contributed by atoms with van der Waals surface area (Å²) in [5, 5.41) is 31.4. The highest BCUT2D eigenvalue weighted by Gasteiger charge is 2.64. The van der Waals surface area contributed by atoms with Gasteiger partial charge in [-0.15, -0.1) is 0 Å². The molecule has 6 unspecified atom stereocenters. The van der Waals surface area contributed by atoms with Gasteiger partial charge in [-0.05, 0) is 44.1 Å². The molecule has 6 atom stereocenters. The first-order valence-electron chi connectivity index (χ1n) is 13.2. The number of aliphatic carboxylic acids is 1. The van der Waals surface area contributed by atoms with Gasteiger partial charge in [-0.2, -0.15) is 0 Å². The average Bonchev–Trinajstić information content (AvgIpc) is 3.13. The molecule has 0 aromatic rings. The predicted molar refractivity (Wildman–Crippen MR) is 136 cm³/mol. The van der Waals surface area contributed by atoms with Crippen LogP contribution >= 0.6 is 0 Å². The molecule has 0 amide bonds. The highest BCUT2D eigenvalue weighted by molar-refractivity contribution is 6.13. The topological polar surface area (TPSA) is 160 Å². The van der Waals surface area contributed by atoms with Crippen molar-refractivity contribution in [1.82, 2.24) is 4.90 Å². The van der Waals surface area contributed by atoms with Crippen molar-refractivity contribution in [3.8, 4) is 0 Å². The van der Waals surface area contributed by atoms with Crippen LogP contribution in [0.3, 0.4) is 0 Å². The summed E-state index contributed by atoms with van der Waals surface area (Å²) in [6.07, 6.45) is 0.333. The average molecular weight is 548 g/mol. The highest BCUT2D eigenvalue weighted by Crippen LogP contribution is 2.63. The van der Waals surface area contributed by atoms with Crippen molar-refractivity contribution in [2.45, 2.75) is 71.2 Å². The van der Waals surface area contributed by atoms with Gasteiger partial charge in [0.05, 0.1) is 23.7 Å². The lowest BCUT2D eigenvalue weighted by atomic mass is 9.53. The first-order valence-corrected chi connectivity index (χ1v) is 13.2. The van der Waals surface area contributed by atoms with Crippen LogP contribution in [0.4, 0.5) is 0 Å². The molecule has 0 radical (unpaired) electrons. The number of rotatable bonds is 8. The molecule has 11 heteroatoms. The molecule has 0 aromatic heterocycles. The number of methoxy groups -OCH3 is 1. The van der Waals surface area contributed by atoms with E-state index in [4.69, 9.17) is 19.3 Å². The molecule has 11 nitrogen and oxygen atoms in total. The number of carboxylic acids is 1. The SMILES string of the molecule is COCC1OC(=O)/C(=C\N(C)CCCC(=O)O)C2=C(O)C(=O)C3=C(C(OC(C)=O)CC4(C)C(O)CCC34)C21C. The molecule has 4 rings (SSSR count). The molecule has 4 aliphatic rings. The van der Waals surface area contributed by atoms with Crippen LogP contribution in [-0.4, -0.2) is 89.5 Å². The third-order valence-electron chi connectivity index (χ3n) is 8.91. The molecule has 3 N–H and O–H groups in total. The minimum atomic E-state index is -1.29. The van der Waals surface area contributed by atoms with Gasteiger partial charge in [-0.25, -0.2) is 4.79 Å². The number of carboxylic acid groups (broad SMARTS) is 1. The zero-order valence-electron chi connectivity index (χ0n) is 23.0. The normalized spacial score (nSPS) is 34.9. The smallest absolute Gasteiger partial charge is 0.340 e. The summed E-state index contributed by atoms with van der Waals surface area (Å²) < 4.78 is 17.1. The molecule has 1 saturated carbocycles. The second kappa shape index (κ2) is 10.4. The van der Waals surface area contributed by atoms with Crippen molar-refractivity contribution in [3.05, 3.63) is 34.3 Å². The van der Waals surface area contributed by atoms with E-state index in [-0.39, 0.29) is 30.6 Å². The summed E-state index contributed by atoms with van der Waals surface area (Å²) >= 11 is 0. The van der Waals surface area contributed by atoms with E-state index in [2.05, 4.69) is 0 Å². The molecule has 0 spiro atoms. The standard InChI is InChI=1S/C28H37NO10/c1-14(30)38-17-11-27(2)16(8-9-18(27)31)21-23(17)28(3)19(13-37-5)39-26(36)15(22(28)25(35)24(21)34)12-29(4)10-6-7-20(32)33/h12,16-19,31,35H,6-11,13H2,1-5H3,(H,32,33)/b15-12-. The van der Waals surface area contributed by atoms with E-state index < -0.39 is 64.5 Å². The van der Waals surface area contributed by atoms with Crippen molar-refractivity contribution in [1.29, 1.82) is 0 Å². The zero-order chi connectivity index (χ0) is 28.9. The Labute approximate surface area is 227 Å². The van der Waals surface area contributed by atoms with Crippen LogP contribution in [0.5, 0.6) is 0 Å². The first-order chi connectivity index (χ1) is 18.3. The largest absolute Gasteiger partial charge is 0.504 e. The fourth-order valence-electron chi connectivity index (χ4n) is 7.04. The van der Waals surface area contributed by atoms with E-state index in [0.29, 0.717) is 37.0 Å². The number of esters is 2. The van der Waals surface area contributed by atoms with Gasteiger partial charge < -0.3 is 34.4 Å². The number of nitrogens with zero attached hydrogens (tertiary/aromatic N) is 1. The Morgan fingerprint density at radius 2 is 1.92 bits per heavy atom. The Morgan fingerprint density at radius 1 is 1.23 bits per heavy atom.